The number of guanidine groups is 1. The SMILES string of the molecule is CN=C(NCCC1=CCOCC1)NCC(C)Sc1ccccc1. The zero-order valence-electron chi connectivity index (χ0n) is 14.0. The summed E-state index contributed by atoms with van der Waals surface area (Å²) in [5, 5.41) is 7.27. The Bertz CT molecular complexity index is 516. The molecule has 0 fully saturated rings. The van der Waals surface area contributed by atoms with E-state index in [0.29, 0.717) is 5.25 Å². The van der Waals surface area contributed by atoms with Gasteiger partial charge < -0.3 is 15.4 Å². The van der Waals surface area contributed by atoms with Crippen LogP contribution in [0.25, 0.3) is 0 Å². The topological polar surface area (TPSA) is 45.7 Å². The van der Waals surface area contributed by atoms with Crippen molar-refractivity contribution < 1.29 is 4.74 Å². The molecule has 1 unspecified atom stereocenters. The number of benzene rings is 1. The summed E-state index contributed by atoms with van der Waals surface area (Å²) in [5.74, 6) is 0.873. The van der Waals surface area contributed by atoms with Crippen molar-refractivity contribution in [1.29, 1.82) is 0 Å². The van der Waals surface area contributed by atoms with E-state index < -0.39 is 0 Å². The second kappa shape index (κ2) is 10.3. The molecule has 5 heteroatoms. The first-order chi connectivity index (χ1) is 11.3. The lowest BCUT2D eigenvalue weighted by Crippen LogP contribution is -2.40. The quantitative estimate of drug-likeness (QED) is 0.348. The van der Waals surface area contributed by atoms with E-state index in [2.05, 4.69) is 52.9 Å². The Hall–Kier alpha value is -1.46. The Balaban J connectivity index is 1.65. The molecule has 126 valence electrons. The normalized spacial score (nSPS) is 16.6. The molecule has 0 bridgehead atoms. The maximum atomic E-state index is 5.33. The van der Waals surface area contributed by atoms with Gasteiger partial charge in [-0.3, -0.25) is 4.99 Å². The third-order valence-electron chi connectivity index (χ3n) is 3.66. The Morgan fingerprint density at radius 1 is 1.30 bits per heavy atom. The Morgan fingerprint density at radius 3 is 2.83 bits per heavy atom. The number of nitrogens with zero attached hydrogens (tertiary/aromatic N) is 1. The van der Waals surface area contributed by atoms with Crippen molar-refractivity contribution in [3.8, 4) is 0 Å². The fraction of sp³-hybridized carbons (Fsp3) is 0.500. The van der Waals surface area contributed by atoms with Crippen LogP contribution >= 0.6 is 11.8 Å². The summed E-state index contributed by atoms with van der Waals surface area (Å²) in [6, 6.07) is 10.5. The van der Waals surface area contributed by atoms with E-state index in [9.17, 15) is 0 Å². The molecule has 0 saturated heterocycles. The predicted octanol–water partition coefficient (Wildman–Crippen LogP) is 3.07. The van der Waals surface area contributed by atoms with Gasteiger partial charge in [-0.2, -0.15) is 0 Å². The lowest BCUT2D eigenvalue weighted by atomic mass is 10.1. The first-order valence-corrected chi connectivity index (χ1v) is 9.08. The number of hydrogen-bond acceptors (Lipinski definition) is 3. The maximum Gasteiger partial charge on any atom is 0.191 e. The largest absolute Gasteiger partial charge is 0.377 e. The van der Waals surface area contributed by atoms with Gasteiger partial charge in [-0.25, -0.2) is 0 Å². The number of thioether (sulfide) groups is 1. The fourth-order valence-corrected chi connectivity index (χ4v) is 3.31. The van der Waals surface area contributed by atoms with Crippen LogP contribution in [0.2, 0.25) is 0 Å². The summed E-state index contributed by atoms with van der Waals surface area (Å²) in [4.78, 5) is 5.59. The fourth-order valence-electron chi connectivity index (χ4n) is 2.37. The van der Waals surface area contributed by atoms with Gasteiger partial charge in [0, 0.05) is 30.3 Å². The molecular formula is C18H27N3OS. The zero-order chi connectivity index (χ0) is 16.3. The predicted molar refractivity (Wildman–Crippen MR) is 99.3 cm³/mol. The summed E-state index contributed by atoms with van der Waals surface area (Å²) >= 11 is 1.87. The lowest BCUT2D eigenvalue weighted by Gasteiger charge is -2.17. The molecule has 1 aromatic carbocycles. The van der Waals surface area contributed by atoms with E-state index in [1.807, 2.05) is 24.9 Å². The van der Waals surface area contributed by atoms with Crippen molar-refractivity contribution in [2.75, 3.05) is 33.4 Å². The molecular weight excluding hydrogens is 306 g/mol. The van der Waals surface area contributed by atoms with Gasteiger partial charge in [0.2, 0.25) is 0 Å². The van der Waals surface area contributed by atoms with Crippen LogP contribution in [-0.2, 0) is 4.74 Å². The standard InChI is InChI=1S/C18H27N3OS/c1-15(23-17-6-4-3-5-7-17)14-21-18(19-2)20-11-8-16-9-12-22-13-10-16/h3-7,9,15H,8,10-14H2,1-2H3,(H2,19,20,21). The highest BCUT2D eigenvalue weighted by molar-refractivity contribution is 8.00. The summed E-state index contributed by atoms with van der Waals surface area (Å²) < 4.78 is 5.33. The van der Waals surface area contributed by atoms with Gasteiger partial charge in [-0.05, 0) is 25.0 Å². The van der Waals surface area contributed by atoms with Gasteiger partial charge in [0.05, 0.1) is 13.2 Å². The minimum absolute atomic E-state index is 0.481. The zero-order valence-corrected chi connectivity index (χ0v) is 14.9. The Morgan fingerprint density at radius 2 is 2.13 bits per heavy atom. The molecule has 0 aromatic heterocycles. The van der Waals surface area contributed by atoms with Gasteiger partial charge in [0.15, 0.2) is 5.96 Å². The molecule has 0 radical (unpaired) electrons. The second-order valence-corrected chi connectivity index (χ2v) is 7.07. The van der Waals surface area contributed by atoms with Crippen molar-refractivity contribution in [1.82, 2.24) is 10.6 Å². The highest BCUT2D eigenvalue weighted by Crippen LogP contribution is 2.21. The van der Waals surface area contributed by atoms with Crippen LogP contribution in [0.1, 0.15) is 19.8 Å². The molecule has 1 aliphatic heterocycles. The van der Waals surface area contributed by atoms with Gasteiger partial charge in [0.25, 0.3) is 0 Å². The summed E-state index contributed by atoms with van der Waals surface area (Å²) in [6.07, 6.45) is 4.30. The lowest BCUT2D eigenvalue weighted by molar-refractivity contribution is 0.153. The van der Waals surface area contributed by atoms with Crippen LogP contribution in [0.15, 0.2) is 51.9 Å². The first kappa shape index (κ1) is 17.9. The first-order valence-electron chi connectivity index (χ1n) is 8.20. The molecule has 1 aliphatic rings. The van der Waals surface area contributed by atoms with Gasteiger partial charge in [0.1, 0.15) is 0 Å². The molecule has 1 aromatic rings. The van der Waals surface area contributed by atoms with Crippen molar-refractivity contribution in [2.24, 2.45) is 4.99 Å². The number of rotatable bonds is 7. The van der Waals surface area contributed by atoms with E-state index in [1.54, 1.807) is 0 Å². The van der Waals surface area contributed by atoms with E-state index in [0.717, 1.165) is 45.1 Å². The van der Waals surface area contributed by atoms with Crippen molar-refractivity contribution in [2.45, 2.75) is 29.9 Å². The highest BCUT2D eigenvalue weighted by Gasteiger charge is 2.07. The van der Waals surface area contributed by atoms with Gasteiger partial charge in [-0.1, -0.05) is 36.8 Å². The summed E-state index contributed by atoms with van der Waals surface area (Å²) in [5.41, 5.74) is 1.48. The van der Waals surface area contributed by atoms with Crippen LogP contribution in [0.4, 0.5) is 0 Å². The molecule has 0 amide bonds. The maximum absolute atomic E-state index is 5.33. The average Bonchev–Trinajstić information content (AvgIpc) is 2.59. The molecule has 1 atom stereocenters. The molecule has 0 saturated carbocycles. The van der Waals surface area contributed by atoms with Gasteiger partial charge in [-0.15, -0.1) is 11.8 Å². The van der Waals surface area contributed by atoms with Crippen molar-refractivity contribution in [3.05, 3.63) is 42.0 Å². The monoisotopic (exact) mass is 333 g/mol. The smallest absolute Gasteiger partial charge is 0.191 e. The number of aliphatic imine (C=N–C) groups is 1. The highest BCUT2D eigenvalue weighted by atomic mass is 32.2. The molecule has 2 rings (SSSR count). The van der Waals surface area contributed by atoms with Crippen molar-refractivity contribution in [3.63, 3.8) is 0 Å². The van der Waals surface area contributed by atoms with E-state index in [4.69, 9.17) is 4.74 Å². The average molecular weight is 334 g/mol. The van der Waals surface area contributed by atoms with E-state index in [-0.39, 0.29) is 0 Å². The number of nitrogens with one attached hydrogen (secondary N) is 2. The molecule has 2 N–H and O–H groups in total. The van der Waals surface area contributed by atoms with Crippen LogP contribution in [0, 0.1) is 0 Å². The third kappa shape index (κ3) is 7.10. The molecule has 0 aliphatic carbocycles. The summed E-state index contributed by atoms with van der Waals surface area (Å²) in [6.45, 7) is 5.63. The van der Waals surface area contributed by atoms with Crippen LogP contribution in [-0.4, -0.2) is 44.6 Å². The molecule has 23 heavy (non-hydrogen) atoms. The van der Waals surface area contributed by atoms with Crippen LogP contribution in [0.5, 0.6) is 0 Å². The number of hydrogen-bond donors (Lipinski definition) is 2. The van der Waals surface area contributed by atoms with Crippen LogP contribution in [0.3, 0.4) is 0 Å². The van der Waals surface area contributed by atoms with Crippen LogP contribution < -0.4 is 10.6 Å². The third-order valence-corrected chi connectivity index (χ3v) is 4.77. The minimum atomic E-state index is 0.481. The van der Waals surface area contributed by atoms with E-state index >= 15 is 0 Å². The molecule has 4 nitrogen and oxygen atoms in total. The van der Waals surface area contributed by atoms with Gasteiger partial charge >= 0.3 is 0 Å². The Labute approximate surface area is 143 Å². The summed E-state index contributed by atoms with van der Waals surface area (Å²) in [7, 11) is 1.82. The molecule has 0 spiro atoms. The number of ether oxygens (including phenoxy) is 1. The second-order valence-electron chi connectivity index (χ2n) is 5.56. The van der Waals surface area contributed by atoms with E-state index in [1.165, 1.54) is 10.5 Å². The molecule has 1 heterocycles. The minimum Gasteiger partial charge on any atom is -0.377 e. The van der Waals surface area contributed by atoms with Crippen molar-refractivity contribution >= 4 is 17.7 Å². The Kier molecular flexibility index (Phi) is 8.04.